The lowest BCUT2D eigenvalue weighted by Gasteiger charge is -2.31. The van der Waals surface area contributed by atoms with E-state index in [1.165, 1.54) is 30.0 Å². The third-order valence-electron chi connectivity index (χ3n) is 2.84. The molecule has 0 fully saturated rings. The van der Waals surface area contributed by atoms with Crippen LogP contribution in [-0.4, -0.2) is 17.9 Å². The Bertz CT molecular complexity index is 398. The zero-order valence-corrected chi connectivity index (χ0v) is 10.5. The molecule has 1 amide bonds. The molecule has 1 atom stereocenters. The van der Waals surface area contributed by atoms with Crippen molar-refractivity contribution < 1.29 is 13.6 Å². The smallest absolute Gasteiger partial charge is 0.219 e. The normalized spacial score (nSPS) is 12.6. The number of hydrogen-bond donors (Lipinski definition) is 0. The summed E-state index contributed by atoms with van der Waals surface area (Å²) in [5.74, 6) is -1.52. The van der Waals surface area contributed by atoms with Gasteiger partial charge in [0.05, 0.1) is 6.04 Å². The number of rotatable bonds is 3. The summed E-state index contributed by atoms with van der Waals surface area (Å²) in [4.78, 5) is 12.7. The van der Waals surface area contributed by atoms with Crippen LogP contribution in [0.3, 0.4) is 0 Å². The highest BCUT2D eigenvalue weighted by atomic mass is 19.1. The largest absolute Gasteiger partial charge is 0.338 e. The molecule has 1 aromatic carbocycles. The SMILES string of the molecule is CC(=O)N(C)C(c1c(F)cccc1F)C(C)C. The fourth-order valence-corrected chi connectivity index (χ4v) is 1.96. The van der Waals surface area contributed by atoms with Gasteiger partial charge < -0.3 is 4.90 Å². The van der Waals surface area contributed by atoms with E-state index in [-0.39, 0.29) is 17.4 Å². The molecule has 1 rings (SSSR count). The molecule has 0 bridgehead atoms. The Morgan fingerprint density at radius 1 is 1.24 bits per heavy atom. The molecule has 0 aliphatic carbocycles. The molecule has 0 saturated heterocycles. The van der Waals surface area contributed by atoms with Gasteiger partial charge in [-0.3, -0.25) is 4.79 Å². The van der Waals surface area contributed by atoms with Gasteiger partial charge in [0.25, 0.3) is 0 Å². The standard InChI is InChI=1S/C13H17F2NO/c1-8(2)13(16(4)9(3)17)12-10(14)6-5-7-11(12)15/h5-8,13H,1-4H3. The molecule has 0 saturated carbocycles. The summed E-state index contributed by atoms with van der Waals surface area (Å²) < 4.78 is 27.4. The summed E-state index contributed by atoms with van der Waals surface area (Å²) in [6.45, 7) is 5.04. The first-order valence-electron chi connectivity index (χ1n) is 5.53. The molecular formula is C13H17F2NO. The van der Waals surface area contributed by atoms with Gasteiger partial charge in [-0.25, -0.2) is 8.78 Å². The van der Waals surface area contributed by atoms with Crippen LogP contribution in [-0.2, 0) is 4.79 Å². The predicted octanol–water partition coefficient (Wildman–Crippen LogP) is 3.14. The second-order valence-corrected chi connectivity index (χ2v) is 4.45. The van der Waals surface area contributed by atoms with Crippen molar-refractivity contribution in [2.24, 2.45) is 5.92 Å². The highest BCUT2D eigenvalue weighted by molar-refractivity contribution is 5.73. The summed E-state index contributed by atoms with van der Waals surface area (Å²) in [7, 11) is 1.55. The average molecular weight is 241 g/mol. The van der Waals surface area contributed by atoms with Gasteiger partial charge in [-0.05, 0) is 18.1 Å². The number of halogens is 2. The Morgan fingerprint density at radius 2 is 1.71 bits per heavy atom. The van der Waals surface area contributed by atoms with Gasteiger partial charge in [0, 0.05) is 19.5 Å². The highest BCUT2D eigenvalue weighted by Gasteiger charge is 2.28. The van der Waals surface area contributed by atoms with Crippen LogP contribution >= 0.6 is 0 Å². The van der Waals surface area contributed by atoms with Gasteiger partial charge in [-0.2, -0.15) is 0 Å². The van der Waals surface area contributed by atoms with E-state index in [1.54, 1.807) is 7.05 Å². The zero-order chi connectivity index (χ0) is 13.2. The second kappa shape index (κ2) is 5.25. The van der Waals surface area contributed by atoms with Crippen LogP contribution in [0.15, 0.2) is 18.2 Å². The van der Waals surface area contributed by atoms with Crippen molar-refractivity contribution in [1.82, 2.24) is 4.90 Å². The lowest BCUT2D eigenvalue weighted by molar-refractivity contribution is -0.130. The Hall–Kier alpha value is -1.45. The van der Waals surface area contributed by atoms with E-state index in [0.717, 1.165) is 0 Å². The second-order valence-electron chi connectivity index (χ2n) is 4.45. The molecule has 0 heterocycles. The minimum Gasteiger partial charge on any atom is -0.338 e. The Balaban J connectivity index is 3.28. The lowest BCUT2D eigenvalue weighted by atomic mass is 9.93. The van der Waals surface area contributed by atoms with Crippen LogP contribution in [0, 0.1) is 17.6 Å². The molecule has 0 N–H and O–H groups in total. The van der Waals surface area contributed by atoms with Crippen molar-refractivity contribution in [3.05, 3.63) is 35.4 Å². The minimum atomic E-state index is -0.614. The molecule has 1 aromatic rings. The summed E-state index contributed by atoms with van der Waals surface area (Å²) >= 11 is 0. The van der Waals surface area contributed by atoms with E-state index in [0.29, 0.717) is 0 Å². The van der Waals surface area contributed by atoms with Crippen molar-refractivity contribution >= 4 is 5.91 Å². The number of hydrogen-bond acceptors (Lipinski definition) is 1. The molecule has 4 heteroatoms. The molecular weight excluding hydrogens is 224 g/mol. The number of carbonyl (C=O) groups is 1. The summed E-state index contributed by atoms with van der Waals surface area (Å²) in [5.41, 5.74) is -0.0415. The van der Waals surface area contributed by atoms with Gasteiger partial charge in [0.1, 0.15) is 11.6 Å². The van der Waals surface area contributed by atoms with E-state index >= 15 is 0 Å². The molecule has 0 aliphatic heterocycles. The van der Waals surface area contributed by atoms with E-state index in [1.807, 2.05) is 13.8 Å². The monoisotopic (exact) mass is 241 g/mol. The maximum absolute atomic E-state index is 13.7. The van der Waals surface area contributed by atoms with Crippen molar-refractivity contribution in [2.45, 2.75) is 26.8 Å². The third-order valence-corrected chi connectivity index (χ3v) is 2.84. The molecule has 94 valence electrons. The first-order chi connectivity index (χ1) is 7.86. The maximum Gasteiger partial charge on any atom is 0.219 e. The summed E-state index contributed by atoms with van der Waals surface area (Å²) in [6.07, 6.45) is 0. The molecule has 17 heavy (non-hydrogen) atoms. The van der Waals surface area contributed by atoms with Gasteiger partial charge in [-0.1, -0.05) is 19.9 Å². The molecule has 0 spiro atoms. The van der Waals surface area contributed by atoms with E-state index in [4.69, 9.17) is 0 Å². The number of carbonyl (C=O) groups excluding carboxylic acids is 1. The number of benzene rings is 1. The van der Waals surface area contributed by atoms with Crippen molar-refractivity contribution in [2.75, 3.05) is 7.05 Å². The van der Waals surface area contributed by atoms with Gasteiger partial charge in [-0.15, -0.1) is 0 Å². The van der Waals surface area contributed by atoms with Crippen LogP contribution in [0.4, 0.5) is 8.78 Å². The van der Waals surface area contributed by atoms with Crippen molar-refractivity contribution in [3.8, 4) is 0 Å². The average Bonchev–Trinajstić information content (AvgIpc) is 2.22. The van der Waals surface area contributed by atoms with Gasteiger partial charge in [0.15, 0.2) is 0 Å². The number of amides is 1. The fraction of sp³-hybridized carbons (Fsp3) is 0.462. The summed E-state index contributed by atoms with van der Waals surface area (Å²) in [6, 6.07) is 3.15. The Morgan fingerprint density at radius 3 is 2.06 bits per heavy atom. The fourth-order valence-electron chi connectivity index (χ4n) is 1.96. The van der Waals surface area contributed by atoms with Crippen LogP contribution in [0.1, 0.15) is 32.4 Å². The Labute approximate surface area is 100 Å². The van der Waals surface area contributed by atoms with Crippen LogP contribution in [0.5, 0.6) is 0 Å². The van der Waals surface area contributed by atoms with E-state index < -0.39 is 17.7 Å². The molecule has 1 unspecified atom stereocenters. The minimum absolute atomic E-state index is 0.0415. The third kappa shape index (κ3) is 2.81. The van der Waals surface area contributed by atoms with Gasteiger partial charge >= 0.3 is 0 Å². The summed E-state index contributed by atoms with van der Waals surface area (Å²) in [5, 5.41) is 0. The van der Waals surface area contributed by atoms with E-state index in [9.17, 15) is 13.6 Å². The van der Waals surface area contributed by atoms with Crippen molar-refractivity contribution in [1.29, 1.82) is 0 Å². The Kier molecular flexibility index (Phi) is 4.21. The molecule has 0 radical (unpaired) electrons. The van der Waals surface area contributed by atoms with Crippen molar-refractivity contribution in [3.63, 3.8) is 0 Å². The molecule has 2 nitrogen and oxygen atoms in total. The van der Waals surface area contributed by atoms with Crippen LogP contribution < -0.4 is 0 Å². The predicted molar refractivity (Wildman–Crippen MR) is 62.4 cm³/mol. The zero-order valence-electron chi connectivity index (χ0n) is 10.5. The highest BCUT2D eigenvalue weighted by Crippen LogP contribution is 2.31. The first kappa shape index (κ1) is 13.6. The topological polar surface area (TPSA) is 20.3 Å². The van der Waals surface area contributed by atoms with Gasteiger partial charge in [0.2, 0.25) is 5.91 Å². The lowest BCUT2D eigenvalue weighted by Crippen LogP contribution is -2.33. The van der Waals surface area contributed by atoms with Crippen LogP contribution in [0.2, 0.25) is 0 Å². The molecule has 0 aliphatic rings. The maximum atomic E-state index is 13.7. The van der Waals surface area contributed by atoms with E-state index in [2.05, 4.69) is 0 Å². The van der Waals surface area contributed by atoms with Crippen LogP contribution in [0.25, 0.3) is 0 Å². The molecule has 0 aromatic heterocycles. The number of nitrogens with zero attached hydrogens (tertiary/aromatic N) is 1. The quantitative estimate of drug-likeness (QED) is 0.796. The first-order valence-corrected chi connectivity index (χ1v) is 5.53.